The third kappa shape index (κ3) is 2.36. The first-order valence-electron chi connectivity index (χ1n) is 5.38. The van der Waals surface area contributed by atoms with Crippen molar-refractivity contribution in [1.82, 2.24) is 5.32 Å². The van der Waals surface area contributed by atoms with E-state index in [1.54, 1.807) is 0 Å². The number of piperidine rings is 1. The van der Waals surface area contributed by atoms with Crippen molar-refractivity contribution in [2.24, 2.45) is 5.92 Å². The Morgan fingerprint density at radius 1 is 1.33 bits per heavy atom. The van der Waals surface area contributed by atoms with Crippen LogP contribution in [0, 0.1) is 11.7 Å². The van der Waals surface area contributed by atoms with Crippen molar-refractivity contribution < 1.29 is 9.50 Å². The zero-order valence-corrected chi connectivity index (χ0v) is 8.62. The Kier molecular flexibility index (Phi) is 3.34. The molecule has 1 aliphatic heterocycles. The molecular weight excluding hydrogens is 193 g/mol. The van der Waals surface area contributed by atoms with Gasteiger partial charge in [0.1, 0.15) is 5.82 Å². The van der Waals surface area contributed by atoms with Crippen LogP contribution in [0.15, 0.2) is 24.3 Å². The number of benzene rings is 1. The van der Waals surface area contributed by atoms with Crippen molar-refractivity contribution >= 4 is 0 Å². The monoisotopic (exact) mass is 209 g/mol. The summed E-state index contributed by atoms with van der Waals surface area (Å²) in [6.45, 7) is 2.01. The topological polar surface area (TPSA) is 32.3 Å². The Hall–Kier alpha value is -0.930. The summed E-state index contributed by atoms with van der Waals surface area (Å²) in [5.41, 5.74) is 1.14. The molecule has 2 N–H and O–H groups in total. The summed E-state index contributed by atoms with van der Waals surface area (Å²) in [6.07, 6.45) is 1.01. The van der Waals surface area contributed by atoms with Gasteiger partial charge in [-0.15, -0.1) is 0 Å². The first-order chi connectivity index (χ1) is 7.31. The summed E-state index contributed by atoms with van der Waals surface area (Å²) in [5, 5.41) is 12.5. The summed E-state index contributed by atoms with van der Waals surface area (Å²) in [7, 11) is 0. The number of aliphatic hydroxyl groups is 1. The smallest absolute Gasteiger partial charge is 0.123 e. The predicted octanol–water partition coefficient (Wildman–Crippen LogP) is 1.51. The van der Waals surface area contributed by atoms with Crippen molar-refractivity contribution in [2.45, 2.75) is 12.3 Å². The maximum Gasteiger partial charge on any atom is 0.123 e. The highest BCUT2D eigenvalue weighted by molar-refractivity contribution is 5.22. The van der Waals surface area contributed by atoms with Gasteiger partial charge >= 0.3 is 0 Å². The van der Waals surface area contributed by atoms with E-state index < -0.39 is 0 Å². The van der Waals surface area contributed by atoms with E-state index in [2.05, 4.69) is 5.32 Å². The summed E-state index contributed by atoms with van der Waals surface area (Å²) in [6, 6.07) is 6.64. The maximum atomic E-state index is 12.8. The zero-order valence-electron chi connectivity index (χ0n) is 8.62. The Labute approximate surface area is 89.1 Å². The lowest BCUT2D eigenvalue weighted by Gasteiger charge is -2.31. The number of halogens is 1. The van der Waals surface area contributed by atoms with E-state index in [-0.39, 0.29) is 18.3 Å². The average Bonchev–Trinajstić information content (AvgIpc) is 2.30. The quantitative estimate of drug-likeness (QED) is 0.774. The van der Waals surface area contributed by atoms with E-state index in [0.29, 0.717) is 5.92 Å². The van der Waals surface area contributed by atoms with Crippen LogP contribution in [-0.2, 0) is 0 Å². The first-order valence-corrected chi connectivity index (χ1v) is 5.38. The molecule has 15 heavy (non-hydrogen) atoms. The van der Waals surface area contributed by atoms with Gasteiger partial charge in [-0.3, -0.25) is 0 Å². The van der Waals surface area contributed by atoms with Gasteiger partial charge in [-0.25, -0.2) is 4.39 Å². The van der Waals surface area contributed by atoms with Crippen molar-refractivity contribution in [3.8, 4) is 0 Å². The lowest BCUT2D eigenvalue weighted by Crippen LogP contribution is -2.37. The number of hydrogen-bond acceptors (Lipinski definition) is 2. The van der Waals surface area contributed by atoms with Gasteiger partial charge in [0.25, 0.3) is 0 Å². The highest BCUT2D eigenvalue weighted by Gasteiger charge is 2.25. The van der Waals surface area contributed by atoms with E-state index >= 15 is 0 Å². The van der Waals surface area contributed by atoms with Gasteiger partial charge in [0.15, 0.2) is 0 Å². The molecule has 2 nitrogen and oxygen atoms in total. The van der Waals surface area contributed by atoms with E-state index in [9.17, 15) is 9.50 Å². The molecule has 0 aliphatic carbocycles. The molecule has 1 fully saturated rings. The van der Waals surface area contributed by atoms with Gasteiger partial charge in [0, 0.05) is 19.1 Å². The fourth-order valence-electron chi connectivity index (χ4n) is 2.26. The van der Waals surface area contributed by atoms with Crippen molar-refractivity contribution in [3.05, 3.63) is 35.6 Å². The van der Waals surface area contributed by atoms with Gasteiger partial charge in [-0.05, 0) is 36.6 Å². The molecule has 0 saturated carbocycles. The second kappa shape index (κ2) is 4.73. The van der Waals surface area contributed by atoms with E-state index in [4.69, 9.17) is 0 Å². The number of nitrogens with one attached hydrogen (secondary N) is 1. The molecular formula is C12H16FNO. The highest BCUT2D eigenvalue weighted by atomic mass is 19.1. The van der Waals surface area contributed by atoms with Gasteiger partial charge in [-0.2, -0.15) is 0 Å². The van der Waals surface area contributed by atoms with Crippen LogP contribution in [0.25, 0.3) is 0 Å². The molecule has 1 saturated heterocycles. The summed E-state index contributed by atoms with van der Waals surface area (Å²) in [4.78, 5) is 0. The van der Waals surface area contributed by atoms with Crippen LogP contribution in [-0.4, -0.2) is 24.8 Å². The van der Waals surface area contributed by atoms with Crippen LogP contribution in [0.1, 0.15) is 17.9 Å². The van der Waals surface area contributed by atoms with E-state index in [1.807, 2.05) is 12.1 Å². The molecule has 2 rings (SSSR count). The number of rotatable bonds is 2. The van der Waals surface area contributed by atoms with Gasteiger partial charge < -0.3 is 10.4 Å². The minimum atomic E-state index is -0.201. The third-order valence-corrected chi connectivity index (χ3v) is 3.14. The van der Waals surface area contributed by atoms with Crippen molar-refractivity contribution in [1.29, 1.82) is 0 Å². The fraction of sp³-hybridized carbons (Fsp3) is 0.500. The summed E-state index contributed by atoms with van der Waals surface area (Å²) < 4.78 is 12.8. The van der Waals surface area contributed by atoms with E-state index in [1.165, 1.54) is 12.1 Å². The van der Waals surface area contributed by atoms with Crippen LogP contribution < -0.4 is 5.32 Å². The molecule has 0 aromatic heterocycles. The molecule has 0 spiro atoms. The summed E-state index contributed by atoms with van der Waals surface area (Å²) >= 11 is 0. The molecule has 0 amide bonds. The Morgan fingerprint density at radius 2 is 2.07 bits per heavy atom. The van der Waals surface area contributed by atoms with E-state index in [0.717, 1.165) is 25.1 Å². The van der Waals surface area contributed by atoms with Crippen molar-refractivity contribution in [2.75, 3.05) is 19.7 Å². The van der Waals surface area contributed by atoms with Crippen LogP contribution in [0.3, 0.4) is 0 Å². The van der Waals surface area contributed by atoms with Gasteiger partial charge in [0.2, 0.25) is 0 Å². The second-order valence-corrected chi connectivity index (χ2v) is 4.09. The normalized spacial score (nSPS) is 26.5. The molecule has 1 heterocycles. The lowest BCUT2D eigenvalue weighted by atomic mass is 9.82. The molecule has 1 aromatic rings. The highest BCUT2D eigenvalue weighted by Crippen LogP contribution is 2.29. The molecule has 1 aliphatic rings. The first kappa shape index (κ1) is 10.6. The molecule has 1 aromatic carbocycles. The minimum Gasteiger partial charge on any atom is -0.396 e. The molecule has 0 unspecified atom stereocenters. The predicted molar refractivity (Wildman–Crippen MR) is 57.2 cm³/mol. The largest absolute Gasteiger partial charge is 0.396 e. The maximum absolute atomic E-state index is 12.8. The fourth-order valence-corrected chi connectivity index (χ4v) is 2.26. The Bertz CT molecular complexity index is 312. The Morgan fingerprint density at radius 3 is 2.73 bits per heavy atom. The van der Waals surface area contributed by atoms with Crippen LogP contribution in [0.5, 0.6) is 0 Å². The SMILES string of the molecule is OC[C@H]1CNCC[C@H]1c1ccc(F)cc1. The van der Waals surface area contributed by atoms with Crippen LogP contribution >= 0.6 is 0 Å². The number of hydrogen-bond donors (Lipinski definition) is 2. The molecule has 3 heteroatoms. The molecule has 0 radical (unpaired) electrons. The average molecular weight is 209 g/mol. The van der Waals surface area contributed by atoms with Gasteiger partial charge in [0.05, 0.1) is 0 Å². The Balaban J connectivity index is 2.16. The molecule has 82 valence electrons. The number of aliphatic hydroxyl groups excluding tert-OH is 1. The molecule has 2 atom stereocenters. The van der Waals surface area contributed by atoms with Crippen LogP contribution in [0.2, 0.25) is 0 Å². The standard InChI is InChI=1S/C12H16FNO/c13-11-3-1-9(2-4-11)12-5-6-14-7-10(12)8-15/h1-4,10,12,14-15H,5-8H2/t10-,12+/m1/s1. The van der Waals surface area contributed by atoms with Crippen LogP contribution in [0.4, 0.5) is 4.39 Å². The van der Waals surface area contributed by atoms with Crippen molar-refractivity contribution in [3.63, 3.8) is 0 Å². The minimum absolute atomic E-state index is 0.190. The summed E-state index contributed by atoms with van der Waals surface area (Å²) in [5.74, 6) is 0.411. The second-order valence-electron chi connectivity index (χ2n) is 4.09. The molecule has 0 bridgehead atoms. The zero-order chi connectivity index (χ0) is 10.7. The third-order valence-electron chi connectivity index (χ3n) is 3.14. The van der Waals surface area contributed by atoms with Gasteiger partial charge in [-0.1, -0.05) is 12.1 Å². The lowest BCUT2D eigenvalue weighted by molar-refractivity contribution is 0.179.